The van der Waals surface area contributed by atoms with Gasteiger partial charge in [0, 0.05) is 19.0 Å². The summed E-state index contributed by atoms with van der Waals surface area (Å²) in [6, 6.07) is 12.6. The van der Waals surface area contributed by atoms with Crippen LogP contribution in [-0.4, -0.2) is 30.4 Å². The first-order chi connectivity index (χ1) is 12.3. The molecule has 1 saturated carbocycles. The van der Waals surface area contributed by atoms with Crippen molar-refractivity contribution < 1.29 is 4.79 Å². The van der Waals surface area contributed by atoms with E-state index in [1.165, 1.54) is 24.0 Å². The highest BCUT2D eigenvalue weighted by Gasteiger charge is 2.58. The Morgan fingerprint density at radius 1 is 1.16 bits per heavy atom. The van der Waals surface area contributed by atoms with Crippen LogP contribution in [-0.2, 0) is 17.8 Å². The van der Waals surface area contributed by atoms with Crippen LogP contribution in [0.5, 0.6) is 0 Å². The molecule has 1 unspecified atom stereocenters. The van der Waals surface area contributed by atoms with Gasteiger partial charge in [0.2, 0.25) is 5.91 Å². The van der Waals surface area contributed by atoms with Crippen LogP contribution in [0.25, 0.3) is 0 Å². The highest BCUT2D eigenvalue weighted by atomic mass is 32.1. The fraction of sp³-hybridized carbons (Fsp3) is 0.476. The smallest absolute Gasteiger partial charge is 0.223 e. The second-order valence-electron chi connectivity index (χ2n) is 7.55. The number of thiophene rings is 1. The van der Waals surface area contributed by atoms with Crippen molar-refractivity contribution in [3.8, 4) is 0 Å². The Balaban J connectivity index is 1.20. The topological polar surface area (TPSA) is 32.3 Å². The molecule has 3 nitrogen and oxygen atoms in total. The number of carbonyl (C=O) groups is 1. The van der Waals surface area contributed by atoms with Crippen molar-refractivity contribution in [1.29, 1.82) is 0 Å². The lowest BCUT2D eigenvalue weighted by molar-refractivity contribution is -0.123. The number of hydrogen-bond acceptors (Lipinski definition) is 3. The number of likely N-dealkylation sites (tertiary alicyclic amines) is 1. The highest BCUT2D eigenvalue weighted by molar-refractivity contribution is 7.07. The van der Waals surface area contributed by atoms with Crippen molar-refractivity contribution in [2.24, 2.45) is 11.3 Å². The van der Waals surface area contributed by atoms with Crippen LogP contribution in [0, 0.1) is 11.3 Å². The van der Waals surface area contributed by atoms with Gasteiger partial charge in [-0.1, -0.05) is 30.3 Å². The van der Waals surface area contributed by atoms with Gasteiger partial charge >= 0.3 is 0 Å². The molecule has 0 radical (unpaired) electrons. The molecule has 1 aliphatic carbocycles. The zero-order chi connectivity index (χ0) is 17.1. The fourth-order valence-corrected chi connectivity index (χ4v) is 4.83. The molecule has 1 atom stereocenters. The Labute approximate surface area is 154 Å². The van der Waals surface area contributed by atoms with Crippen molar-refractivity contribution in [3.05, 3.63) is 58.3 Å². The summed E-state index contributed by atoms with van der Waals surface area (Å²) < 4.78 is 0. The molecule has 2 aliphatic rings. The SMILES string of the molecule is O=C(NCCc1ccccc1)C1CC12CCN(Cc1ccsc1)CC2. The Hall–Kier alpha value is -1.65. The van der Waals surface area contributed by atoms with Gasteiger partial charge in [-0.05, 0) is 72.1 Å². The molecule has 1 aromatic carbocycles. The Morgan fingerprint density at radius 2 is 1.96 bits per heavy atom. The second-order valence-corrected chi connectivity index (χ2v) is 8.33. The summed E-state index contributed by atoms with van der Waals surface area (Å²) in [5, 5.41) is 7.55. The van der Waals surface area contributed by atoms with Crippen LogP contribution < -0.4 is 5.32 Å². The zero-order valence-electron chi connectivity index (χ0n) is 14.6. The molecule has 1 saturated heterocycles. The van der Waals surface area contributed by atoms with Crippen LogP contribution in [0.4, 0.5) is 0 Å². The van der Waals surface area contributed by atoms with Gasteiger partial charge in [0.05, 0.1) is 0 Å². The molecular formula is C21H26N2OS. The number of piperidine rings is 1. The Morgan fingerprint density at radius 3 is 2.68 bits per heavy atom. The van der Waals surface area contributed by atoms with Gasteiger partial charge < -0.3 is 5.32 Å². The lowest BCUT2D eigenvalue weighted by atomic mass is 9.90. The average molecular weight is 355 g/mol. The lowest BCUT2D eigenvalue weighted by Gasteiger charge is -2.32. The third kappa shape index (κ3) is 3.96. The molecule has 2 aromatic rings. The van der Waals surface area contributed by atoms with E-state index in [1.54, 1.807) is 11.3 Å². The number of amides is 1. The van der Waals surface area contributed by atoms with E-state index < -0.39 is 0 Å². The minimum Gasteiger partial charge on any atom is -0.356 e. The summed E-state index contributed by atoms with van der Waals surface area (Å²) in [4.78, 5) is 15.0. The molecular weight excluding hydrogens is 328 g/mol. The minimum absolute atomic E-state index is 0.256. The summed E-state index contributed by atoms with van der Waals surface area (Å²) in [5.74, 6) is 0.536. The largest absolute Gasteiger partial charge is 0.356 e. The van der Waals surface area contributed by atoms with E-state index in [1.807, 2.05) is 6.07 Å². The summed E-state index contributed by atoms with van der Waals surface area (Å²) in [6.45, 7) is 4.07. The summed E-state index contributed by atoms with van der Waals surface area (Å²) in [6.07, 6.45) is 4.36. The van der Waals surface area contributed by atoms with Gasteiger partial charge in [0.1, 0.15) is 0 Å². The van der Waals surface area contributed by atoms with Crippen molar-refractivity contribution >= 4 is 17.2 Å². The van der Waals surface area contributed by atoms with Crippen LogP contribution in [0.15, 0.2) is 47.2 Å². The van der Waals surface area contributed by atoms with E-state index in [4.69, 9.17) is 0 Å². The first kappa shape index (κ1) is 16.8. The normalized spacial score (nSPS) is 22.0. The van der Waals surface area contributed by atoms with Gasteiger partial charge in [-0.2, -0.15) is 11.3 Å². The minimum atomic E-state index is 0.256. The third-order valence-corrected chi connectivity index (χ3v) is 6.63. The zero-order valence-corrected chi connectivity index (χ0v) is 15.4. The van der Waals surface area contributed by atoms with E-state index in [0.29, 0.717) is 5.41 Å². The Kier molecular flexibility index (Phi) is 4.91. The van der Waals surface area contributed by atoms with Gasteiger partial charge in [0.15, 0.2) is 0 Å². The van der Waals surface area contributed by atoms with Gasteiger partial charge in [-0.15, -0.1) is 0 Å². The van der Waals surface area contributed by atoms with Crippen molar-refractivity contribution in [2.45, 2.75) is 32.2 Å². The predicted octanol–water partition coefficient (Wildman–Crippen LogP) is 3.71. The molecule has 4 heteroatoms. The lowest BCUT2D eigenvalue weighted by Crippen LogP contribution is -2.37. The second kappa shape index (κ2) is 7.30. The third-order valence-electron chi connectivity index (χ3n) is 5.90. The average Bonchev–Trinajstić information content (AvgIpc) is 3.09. The standard InChI is InChI=1S/C21H26N2OS/c24-20(22-10-6-17-4-2-1-3-5-17)19-14-21(19)8-11-23(12-9-21)15-18-7-13-25-16-18/h1-5,7,13,16,19H,6,8-12,14-15H2,(H,22,24). The van der Waals surface area contributed by atoms with Crippen LogP contribution in [0.3, 0.4) is 0 Å². The highest BCUT2D eigenvalue weighted by Crippen LogP contribution is 2.59. The first-order valence-corrected chi connectivity index (χ1v) is 10.2. The molecule has 1 N–H and O–H groups in total. The Bertz CT molecular complexity index is 690. The maximum atomic E-state index is 12.5. The molecule has 1 aromatic heterocycles. The molecule has 1 amide bonds. The van der Waals surface area contributed by atoms with Crippen molar-refractivity contribution in [3.63, 3.8) is 0 Å². The predicted molar refractivity (Wildman–Crippen MR) is 103 cm³/mol. The quantitative estimate of drug-likeness (QED) is 0.858. The number of rotatable bonds is 6. The number of carbonyl (C=O) groups excluding carboxylic acids is 1. The van der Waals surface area contributed by atoms with Crippen molar-refractivity contribution in [1.82, 2.24) is 10.2 Å². The number of hydrogen-bond donors (Lipinski definition) is 1. The van der Waals surface area contributed by atoms with E-state index in [0.717, 1.165) is 39.0 Å². The van der Waals surface area contributed by atoms with E-state index in [2.05, 4.69) is 51.3 Å². The summed E-state index contributed by atoms with van der Waals surface area (Å²) >= 11 is 1.77. The molecule has 2 heterocycles. The maximum absolute atomic E-state index is 12.5. The molecule has 25 heavy (non-hydrogen) atoms. The van der Waals surface area contributed by atoms with Gasteiger partial charge in [0.25, 0.3) is 0 Å². The monoisotopic (exact) mass is 354 g/mol. The maximum Gasteiger partial charge on any atom is 0.223 e. The summed E-state index contributed by atoms with van der Waals surface area (Å²) in [5.41, 5.74) is 3.02. The number of nitrogens with zero attached hydrogens (tertiary/aromatic N) is 1. The van der Waals surface area contributed by atoms with Crippen molar-refractivity contribution in [2.75, 3.05) is 19.6 Å². The fourth-order valence-electron chi connectivity index (χ4n) is 4.17. The van der Waals surface area contributed by atoms with Crippen LogP contribution >= 0.6 is 11.3 Å². The summed E-state index contributed by atoms with van der Waals surface area (Å²) in [7, 11) is 0. The molecule has 132 valence electrons. The van der Waals surface area contributed by atoms with Gasteiger partial charge in [-0.25, -0.2) is 0 Å². The number of benzene rings is 1. The first-order valence-electron chi connectivity index (χ1n) is 9.30. The number of nitrogens with one attached hydrogen (secondary N) is 1. The van der Waals surface area contributed by atoms with Crippen LogP contribution in [0.1, 0.15) is 30.4 Å². The molecule has 1 aliphatic heterocycles. The molecule has 0 bridgehead atoms. The van der Waals surface area contributed by atoms with Crippen LogP contribution in [0.2, 0.25) is 0 Å². The molecule has 4 rings (SSSR count). The van der Waals surface area contributed by atoms with E-state index in [9.17, 15) is 4.79 Å². The van der Waals surface area contributed by atoms with E-state index >= 15 is 0 Å². The molecule has 2 fully saturated rings. The van der Waals surface area contributed by atoms with E-state index in [-0.39, 0.29) is 11.8 Å². The van der Waals surface area contributed by atoms with Gasteiger partial charge in [-0.3, -0.25) is 9.69 Å². The molecule has 1 spiro atoms.